The molecule has 24 heavy (non-hydrogen) atoms. The number of benzene rings is 1. The molecule has 1 aromatic carbocycles. The number of carbonyl (C=O) groups is 1. The summed E-state index contributed by atoms with van der Waals surface area (Å²) in [5.74, 6) is 0.420. The van der Waals surface area contributed by atoms with Crippen LogP contribution in [0.2, 0.25) is 0 Å². The van der Waals surface area contributed by atoms with Crippen molar-refractivity contribution in [2.75, 3.05) is 18.4 Å². The Labute approximate surface area is 161 Å². The molecule has 0 spiro atoms. The Balaban J connectivity index is 0.00000288. The van der Waals surface area contributed by atoms with Gasteiger partial charge in [-0.15, -0.1) is 24.0 Å². The number of carbonyl (C=O) groups excluding carboxylic acids is 1. The molecule has 7 heteroatoms. The molecule has 0 unspecified atom stereocenters. The first kappa shape index (κ1) is 20.5. The molecular weight excluding hydrogens is 417 g/mol. The first-order chi connectivity index (χ1) is 10.8. The number of hydrogen-bond acceptors (Lipinski definition) is 2. The van der Waals surface area contributed by atoms with Crippen LogP contribution in [-0.4, -0.2) is 35.5 Å². The fraction of sp³-hybridized carbons (Fsp3) is 0.529. The molecule has 1 heterocycles. The highest BCUT2D eigenvalue weighted by Gasteiger charge is 2.17. The first-order valence-electron chi connectivity index (χ1n) is 8.06. The zero-order chi connectivity index (χ0) is 16.9. The number of nitrogens with zero attached hydrogens (tertiary/aromatic N) is 2. The average molecular weight is 445 g/mol. The second-order valence-corrected chi connectivity index (χ2v) is 6.90. The third-order valence-corrected chi connectivity index (χ3v) is 3.51. The van der Waals surface area contributed by atoms with Gasteiger partial charge in [0.25, 0.3) is 0 Å². The molecule has 1 fully saturated rings. The van der Waals surface area contributed by atoms with Crippen molar-refractivity contribution < 1.29 is 4.79 Å². The lowest BCUT2D eigenvalue weighted by Crippen LogP contribution is -2.44. The highest BCUT2D eigenvalue weighted by Crippen LogP contribution is 2.14. The molecule has 0 aliphatic carbocycles. The molecule has 0 bridgehead atoms. The summed E-state index contributed by atoms with van der Waals surface area (Å²) < 4.78 is 0. The molecule has 1 aliphatic rings. The van der Waals surface area contributed by atoms with Crippen molar-refractivity contribution in [1.29, 1.82) is 0 Å². The van der Waals surface area contributed by atoms with Crippen LogP contribution in [0.5, 0.6) is 0 Å². The fourth-order valence-corrected chi connectivity index (χ4v) is 2.47. The highest BCUT2D eigenvalue weighted by atomic mass is 127. The topological polar surface area (TPSA) is 82.7 Å². The number of hydrogen-bond donors (Lipinski definition) is 3. The zero-order valence-electron chi connectivity index (χ0n) is 14.6. The zero-order valence-corrected chi connectivity index (χ0v) is 17.0. The monoisotopic (exact) mass is 445 g/mol. The maximum absolute atomic E-state index is 12.1. The van der Waals surface area contributed by atoms with Gasteiger partial charge in [-0.1, -0.05) is 12.1 Å². The Morgan fingerprint density at radius 3 is 2.58 bits per heavy atom. The highest BCUT2D eigenvalue weighted by molar-refractivity contribution is 14.0. The minimum atomic E-state index is -0.112. The number of amides is 2. The molecule has 2 rings (SSSR count). The third-order valence-electron chi connectivity index (χ3n) is 3.51. The number of likely N-dealkylation sites (tertiary alicyclic amines) is 1. The van der Waals surface area contributed by atoms with Crippen LogP contribution in [0.15, 0.2) is 29.3 Å². The van der Waals surface area contributed by atoms with E-state index in [0.29, 0.717) is 12.5 Å². The van der Waals surface area contributed by atoms with Gasteiger partial charge in [-0.05, 0) is 51.3 Å². The van der Waals surface area contributed by atoms with E-state index in [1.165, 1.54) is 0 Å². The molecule has 0 aromatic heterocycles. The van der Waals surface area contributed by atoms with E-state index in [-0.39, 0.29) is 35.5 Å². The van der Waals surface area contributed by atoms with E-state index < -0.39 is 0 Å². The quantitative estimate of drug-likeness (QED) is 0.380. The number of anilines is 1. The van der Waals surface area contributed by atoms with E-state index >= 15 is 0 Å². The van der Waals surface area contributed by atoms with Gasteiger partial charge in [-0.3, -0.25) is 0 Å². The van der Waals surface area contributed by atoms with E-state index in [9.17, 15) is 4.79 Å². The summed E-state index contributed by atoms with van der Waals surface area (Å²) in [5, 5.41) is 6.07. The van der Waals surface area contributed by atoms with Crippen LogP contribution >= 0.6 is 24.0 Å². The van der Waals surface area contributed by atoms with Crippen molar-refractivity contribution in [1.82, 2.24) is 10.2 Å². The Morgan fingerprint density at radius 2 is 1.96 bits per heavy atom. The van der Waals surface area contributed by atoms with Gasteiger partial charge in [-0.2, -0.15) is 0 Å². The van der Waals surface area contributed by atoms with Gasteiger partial charge in [0.05, 0.1) is 6.54 Å². The van der Waals surface area contributed by atoms with Crippen LogP contribution in [0.25, 0.3) is 0 Å². The normalized spacial score (nSPS) is 15.0. The Hall–Kier alpha value is -1.51. The second kappa shape index (κ2) is 9.10. The number of halogens is 1. The molecule has 0 saturated carbocycles. The number of nitrogens with two attached hydrogens (primary N) is 1. The molecule has 0 radical (unpaired) electrons. The number of aliphatic imine (C=N–C) groups is 1. The fourth-order valence-electron chi connectivity index (χ4n) is 2.47. The van der Waals surface area contributed by atoms with E-state index in [1.54, 1.807) is 0 Å². The Kier molecular flexibility index (Phi) is 7.78. The van der Waals surface area contributed by atoms with Crippen molar-refractivity contribution in [3.05, 3.63) is 29.8 Å². The van der Waals surface area contributed by atoms with Gasteiger partial charge in [0.1, 0.15) is 0 Å². The van der Waals surface area contributed by atoms with Crippen LogP contribution in [0, 0.1) is 0 Å². The Bertz CT molecular complexity index is 577. The first-order valence-corrected chi connectivity index (χ1v) is 8.06. The van der Waals surface area contributed by atoms with E-state index in [0.717, 1.165) is 37.2 Å². The van der Waals surface area contributed by atoms with Gasteiger partial charge in [0, 0.05) is 24.3 Å². The lowest BCUT2D eigenvalue weighted by molar-refractivity contribution is 0.222. The number of rotatable bonds is 3. The predicted molar refractivity (Wildman–Crippen MR) is 110 cm³/mol. The van der Waals surface area contributed by atoms with Crippen molar-refractivity contribution in [3.63, 3.8) is 0 Å². The largest absolute Gasteiger partial charge is 0.370 e. The van der Waals surface area contributed by atoms with Crippen LogP contribution < -0.4 is 16.4 Å². The minimum Gasteiger partial charge on any atom is -0.370 e. The average Bonchev–Trinajstić information content (AvgIpc) is 2.98. The van der Waals surface area contributed by atoms with Gasteiger partial charge >= 0.3 is 6.03 Å². The molecule has 134 valence electrons. The van der Waals surface area contributed by atoms with Crippen LogP contribution in [0.3, 0.4) is 0 Å². The summed E-state index contributed by atoms with van der Waals surface area (Å²) in [6, 6.07) is 7.67. The Morgan fingerprint density at radius 1 is 1.29 bits per heavy atom. The molecule has 0 atom stereocenters. The second-order valence-electron chi connectivity index (χ2n) is 6.90. The summed E-state index contributed by atoms with van der Waals surface area (Å²) in [7, 11) is 0. The van der Waals surface area contributed by atoms with Crippen molar-refractivity contribution >= 4 is 41.7 Å². The van der Waals surface area contributed by atoms with Crippen molar-refractivity contribution in [3.8, 4) is 0 Å². The summed E-state index contributed by atoms with van der Waals surface area (Å²) in [5.41, 5.74) is 7.55. The van der Waals surface area contributed by atoms with E-state index in [2.05, 4.69) is 15.6 Å². The third kappa shape index (κ3) is 6.94. The molecule has 2 amide bonds. The molecule has 1 aliphatic heterocycles. The van der Waals surface area contributed by atoms with Gasteiger partial charge in [-0.25, -0.2) is 9.79 Å². The lowest BCUT2D eigenvalue weighted by atomic mass is 10.1. The standard InChI is InChI=1S/C17H27N5O.HI/c1-17(2,3)21-15(18)19-12-13-7-6-8-14(11-13)20-16(23)22-9-4-5-10-22;/h6-8,11H,4-5,9-10,12H2,1-3H3,(H,20,23)(H3,18,19,21);1H. The molecule has 4 N–H and O–H groups in total. The van der Waals surface area contributed by atoms with Gasteiger partial charge < -0.3 is 21.3 Å². The summed E-state index contributed by atoms with van der Waals surface area (Å²) in [6.45, 7) is 8.25. The summed E-state index contributed by atoms with van der Waals surface area (Å²) in [6.07, 6.45) is 2.17. The maximum atomic E-state index is 12.1. The smallest absolute Gasteiger partial charge is 0.321 e. The number of nitrogens with one attached hydrogen (secondary N) is 2. The van der Waals surface area contributed by atoms with Gasteiger partial charge in [0.15, 0.2) is 5.96 Å². The van der Waals surface area contributed by atoms with Gasteiger partial charge in [0.2, 0.25) is 0 Å². The molecule has 6 nitrogen and oxygen atoms in total. The summed E-state index contributed by atoms with van der Waals surface area (Å²) in [4.78, 5) is 18.3. The number of urea groups is 1. The van der Waals surface area contributed by atoms with Crippen LogP contribution in [-0.2, 0) is 6.54 Å². The van der Waals surface area contributed by atoms with Crippen LogP contribution in [0.4, 0.5) is 10.5 Å². The lowest BCUT2D eigenvalue weighted by Gasteiger charge is -2.21. The molecular formula is C17H28IN5O. The SMILES string of the molecule is CC(C)(C)NC(N)=NCc1cccc(NC(=O)N2CCCC2)c1.I. The van der Waals surface area contributed by atoms with E-state index in [1.807, 2.05) is 49.9 Å². The number of guanidine groups is 1. The maximum Gasteiger partial charge on any atom is 0.321 e. The van der Waals surface area contributed by atoms with Crippen LogP contribution in [0.1, 0.15) is 39.2 Å². The van der Waals surface area contributed by atoms with Crippen molar-refractivity contribution in [2.45, 2.75) is 45.7 Å². The molecule has 1 aromatic rings. The minimum absolute atomic E-state index is 0. The predicted octanol–water partition coefficient (Wildman–Crippen LogP) is 3.14. The van der Waals surface area contributed by atoms with E-state index in [4.69, 9.17) is 5.73 Å². The summed E-state index contributed by atoms with van der Waals surface area (Å²) >= 11 is 0. The van der Waals surface area contributed by atoms with Crippen molar-refractivity contribution in [2.24, 2.45) is 10.7 Å². The molecule has 1 saturated heterocycles.